The number of carbonyl (C=O) groups excluding carboxylic acids is 1. The molecule has 0 unspecified atom stereocenters. The molecule has 0 bridgehead atoms. The fourth-order valence-electron chi connectivity index (χ4n) is 3.66. The van der Waals surface area contributed by atoms with Crippen molar-refractivity contribution in [2.24, 2.45) is 0 Å². The van der Waals surface area contributed by atoms with Gasteiger partial charge in [0.25, 0.3) is 0 Å². The third-order valence-electron chi connectivity index (χ3n) is 5.10. The zero-order valence-electron chi connectivity index (χ0n) is 16.1. The Balaban J connectivity index is 1.58. The van der Waals surface area contributed by atoms with Gasteiger partial charge in [-0.05, 0) is 18.2 Å². The van der Waals surface area contributed by atoms with Gasteiger partial charge in [-0.1, -0.05) is 0 Å². The second-order valence-corrected chi connectivity index (χ2v) is 9.13. The van der Waals surface area contributed by atoms with E-state index in [4.69, 9.17) is 17.5 Å². The lowest BCUT2D eigenvalue weighted by atomic mass is 9.82. The molecule has 0 aromatic heterocycles. The Kier molecular flexibility index (Phi) is 6.64. The number of hydrogen-bond acceptors (Lipinski definition) is 7. The number of ether oxygens (including phenoxy) is 2. The zero-order chi connectivity index (χ0) is 20.2. The Hall–Kier alpha value is -1.62. The van der Waals surface area contributed by atoms with E-state index in [0.29, 0.717) is 43.2 Å². The van der Waals surface area contributed by atoms with Crippen LogP contribution >= 0.6 is 0 Å². The van der Waals surface area contributed by atoms with Crippen molar-refractivity contribution >= 4 is 29.5 Å². The highest BCUT2D eigenvalue weighted by molar-refractivity contribution is 7.92. The number of sulfonamides is 1. The van der Waals surface area contributed by atoms with Crippen molar-refractivity contribution in [3.05, 3.63) is 23.8 Å². The molecule has 1 aromatic rings. The highest BCUT2D eigenvalue weighted by atomic mass is 32.2. The summed E-state index contributed by atoms with van der Waals surface area (Å²) >= 11 is 0. The minimum atomic E-state index is -3.39. The fourth-order valence-corrected chi connectivity index (χ4v) is 4.22. The minimum absolute atomic E-state index is 0.00975. The number of nitrogens with one attached hydrogen (secondary N) is 2. The van der Waals surface area contributed by atoms with Crippen LogP contribution < -0.4 is 14.7 Å². The molecule has 0 atom stereocenters. The Morgan fingerprint density at radius 1 is 1.29 bits per heavy atom. The smallest absolute Gasteiger partial charge is 0.229 e. The normalized spacial score (nSPS) is 19.2. The maximum Gasteiger partial charge on any atom is 0.229 e. The molecule has 2 radical (unpaired) electrons. The number of Topliss-reactive ketones (excluding diaryl/α,β-unsaturated/α-hetero) is 1. The molecule has 10 heteroatoms. The third-order valence-corrected chi connectivity index (χ3v) is 5.71. The monoisotopic (exact) mass is 407 g/mol. The van der Waals surface area contributed by atoms with Crippen molar-refractivity contribution in [3.8, 4) is 5.75 Å². The topological polar surface area (TPSA) is 97.0 Å². The molecule has 2 aliphatic rings. The van der Waals surface area contributed by atoms with Crippen LogP contribution in [-0.2, 0) is 14.8 Å². The summed E-state index contributed by atoms with van der Waals surface area (Å²) in [4.78, 5) is 15.0. The molecule has 2 heterocycles. The van der Waals surface area contributed by atoms with Gasteiger partial charge >= 0.3 is 0 Å². The van der Waals surface area contributed by atoms with Crippen LogP contribution in [0, 0.1) is 0 Å². The summed E-state index contributed by atoms with van der Waals surface area (Å²) in [6.07, 6.45) is 2.93. The molecule has 28 heavy (non-hydrogen) atoms. The van der Waals surface area contributed by atoms with Crippen molar-refractivity contribution in [1.82, 2.24) is 10.1 Å². The molecule has 0 aliphatic carbocycles. The van der Waals surface area contributed by atoms with E-state index >= 15 is 0 Å². The number of hydrogen-bond donors (Lipinski definition) is 2. The number of rotatable bonds is 8. The Bertz CT molecular complexity index is 809. The summed E-state index contributed by atoms with van der Waals surface area (Å²) in [6.45, 7) is 4.38. The van der Waals surface area contributed by atoms with Gasteiger partial charge in [-0.25, -0.2) is 8.42 Å². The van der Waals surface area contributed by atoms with E-state index < -0.39 is 15.6 Å². The molecule has 3 rings (SSSR count). The molecular formula is C18H26BN3O5S. The van der Waals surface area contributed by atoms with Crippen LogP contribution in [0.15, 0.2) is 18.2 Å². The first kappa shape index (κ1) is 21.1. The van der Waals surface area contributed by atoms with E-state index in [1.807, 2.05) is 0 Å². The fraction of sp³-hybridized carbons (Fsp3) is 0.611. The van der Waals surface area contributed by atoms with Crippen LogP contribution in [0.2, 0.25) is 0 Å². The second-order valence-electron chi connectivity index (χ2n) is 7.38. The van der Waals surface area contributed by atoms with Gasteiger partial charge in [-0.15, -0.1) is 0 Å². The number of nitrogens with zero attached hydrogens (tertiary/aromatic N) is 1. The van der Waals surface area contributed by atoms with Crippen LogP contribution in [0.1, 0.15) is 29.6 Å². The van der Waals surface area contributed by atoms with Gasteiger partial charge in [0.15, 0.2) is 13.8 Å². The maximum absolute atomic E-state index is 12.7. The van der Waals surface area contributed by atoms with Crippen molar-refractivity contribution in [2.45, 2.75) is 24.9 Å². The van der Waals surface area contributed by atoms with Crippen LogP contribution in [0.5, 0.6) is 5.75 Å². The van der Waals surface area contributed by atoms with Crippen molar-refractivity contribution in [1.29, 1.82) is 0 Å². The zero-order valence-corrected chi connectivity index (χ0v) is 16.9. The summed E-state index contributed by atoms with van der Waals surface area (Å²) in [7, 11) is 1.81. The molecule has 0 amide bonds. The summed E-state index contributed by atoms with van der Waals surface area (Å²) in [6, 6.07) is 4.84. The summed E-state index contributed by atoms with van der Waals surface area (Å²) < 4.78 is 36.9. The molecule has 2 N–H and O–H groups in total. The number of likely N-dealkylation sites (tertiary alicyclic amines) is 1. The van der Waals surface area contributed by atoms with Crippen molar-refractivity contribution in [3.63, 3.8) is 0 Å². The lowest BCUT2D eigenvalue weighted by molar-refractivity contribution is -0.0147. The minimum Gasteiger partial charge on any atom is -0.486 e. The van der Waals surface area contributed by atoms with E-state index in [-0.39, 0.29) is 5.78 Å². The molecule has 1 spiro atoms. The number of carbonyl (C=O) groups is 1. The second kappa shape index (κ2) is 8.81. The first-order chi connectivity index (χ1) is 13.3. The first-order valence-corrected chi connectivity index (χ1v) is 11.3. The van der Waals surface area contributed by atoms with E-state index in [1.165, 1.54) is 0 Å². The third kappa shape index (κ3) is 5.47. The average molecular weight is 407 g/mol. The van der Waals surface area contributed by atoms with Crippen molar-refractivity contribution in [2.75, 3.05) is 50.4 Å². The van der Waals surface area contributed by atoms with Gasteiger partial charge in [-0.2, -0.15) is 0 Å². The van der Waals surface area contributed by atoms with Gasteiger partial charge in [0.05, 0.1) is 31.5 Å². The standard InChI is InChI=1S/C18H26BN3O5S/c1-28(24,25)21-14-2-3-17-15(12-14)16(23)13-18(27-17)4-7-22(8-5-18)9-11-26-10-6-20-19/h2-3,12,20-21H,4-11,13H2,1H3. The number of fused-ring (bicyclic) bond motifs is 1. The molecule has 1 saturated heterocycles. The Labute approximate surface area is 167 Å². The lowest BCUT2D eigenvalue weighted by Gasteiger charge is -2.44. The molecule has 1 fully saturated rings. The molecular weight excluding hydrogens is 381 g/mol. The van der Waals surface area contributed by atoms with Crippen molar-refractivity contribution < 1.29 is 22.7 Å². The van der Waals surface area contributed by atoms with E-state index in [2.05, 4.69) is 14.8 Å². The predicted octanol–water partition coefficient (Wildman–Crippen LogP) is 0.548. The van der Waals surface area contributed by atoms with Crippen LogP contribution in [0.4, 0.5) is 5.69 Å². The first-order valence-electron chi connectivity index (χ1n) is 9.38. The number of anilines is 1. The van der Waals surface area contributed by atoms with Gasteiger partial charge in [0, 0.05) is 44.7 Å². The van der Waals surface area contributed by atoms with Gasteiger partial charge in [-0.3, -0.25) is 9.52 Å². The van der Waals surface area contributed by atoms with Gasteiger partial charge < -0.3 is 19.6 Å². The predicted molar refractivity (Wildman–Crippen MR) is 107 cm³/mol. The quantitative estimate of drug-likeness (QED) is 0.480. The molecule has 152 valence electrons. The molecule has 2 aliphatic heterocycles. The van der Waals surface area contributed by atoms with Crippen LogP contribution in [-0.4, -0.2) is 78.3 Å². The van der Waals surface area contributed by atoms with E-state index in [9.17, 15) is 13.2 Å². The van der Waals surface area contributed by atoms with E-state index in [0.717, 1.165) is 38.7 Å². The number of benzene rings is 1. The summed E-state index contributed by atoms with van der Waals surface area (Å²) in [5.41, 5.74) is 0.328. The SMILES string of the molecule is [B]NCCOCCN1CCC2(CC1)CC(=O)c1cc(NS(C)(=O)=O)ccc1O2. The number of ketones is 1. The highest BCUT2D eigenvalue weighted by Gasteiger charge is 2.42. The van der Waals surface area contributed by atoms with Crippen LogP contribution in [0.3, 0.4) is 0 Å². The molecule has 1 aromatic carbocycles. The maximum atomic E-state index is 12.7. The largest absolute Gasteiger partial charge is 0.486 e. The summed E-state index contributed by atoms with van der Waals surface area (Å²) in [5.74, 6) is 0.519. The van der Waals surface area contributed by atoms with Crippen LogP contribution in [0.25, 0.3) is 0 Å². The summed E-state index contributed by atoms with van der Waals surface area (Å²) in [5, 5.41) is 2.55. The highest BCUT2D eigenvalue weighted by Crippen LogP contribution is 2.40. The van der Waals surface area contributed by atoms with E-state index in [1.54, 1.807) is 18.2 Å². The number of piperidine rings is 1. The van der Waals surface area contributed by atoms with Gasteiger partial charge in [0.2, 0.25) is 10.0 Å². The molecule has 0 saturated carbocycles. The average Bonchev–Trinajstić information content (AvgIpc) is 2.63. The Morgan fingerprint density at radius 3 is 2.71 bits per heavy atom. The Morgan fingerprint density at radius 2 is 2.04 bits per heavy atom. The van der Waals surface area contributed by atoms with Gasteiger partial charge in [0.1, 0.15) is 11.4 Å². The lowest BCUT2D eigenvalue weighted by Crippen LogP contribution is -2.51. The molecule has 8 nitrogen and oxygen atoms in total.